The molecule has 0 radical (unpaired) electrons. The first kappa shape index (κ1) is 22.1. The molecule has 3 heterocycles. The molecule has 3 rings (SSSR count). The lowest BCUT2D eigenvalue weighted by atomic mass is 10.00. The Morgan fingerprint density at radius 2 is 2.07 bits per heavy atom. The lowest BCUT2D eigenvalue weighted by molar-refractivity contribution is -0.0721. The zero-order valence-electron chi connectivity index (χ0n) is 18.6. The van der Waals surface area contributed by atoms with E-state index in [0.29, 0.717) is 12.2 Å². The molecule has 2 atom stereocenters. The van der Waals surface area contributed by atoms with Crippen LogP contribution in [0.2, 0.25) is 0 Å². The maximum Gasteiger partial charge on any atom is 0.193 e. The average molecular weight is 407 g/mol. The highest BCUT2D eigenvalue weighted by molar-refractivity contribution is 5.80. The molecule has 0 aliphatic carbocycles. The van der Waals surface area contributed by atoms with Crippen molar-refractivity contribution in [3.63, 3.8) is 0 Å². The van der Waals surface area contributed by atoms with Gasteiger partial charge in [-0.1, -0.05) is 12.1 Å². The second-order valence-corrected chi connectivity index (χ2v) is 8.34. The van der Waals surface area contributed by atoms with Crippen LogP contribution in [-0.2, 0) is 9.47 Å². The van der Waals surface area contributed by atoms with E-state index in [4.69, 9.17) is 19.0 Å². The summed E-state index contributed by atoms with van der Waals surface area (Å²) in [5.41, 5.74) is 2.15. The molecule has 2 fully saturated rings. The van der Waals surface area contributed by atoms with E-state index >= 15 is 0 Å². The second-order valence-electron chi connectivity index (χ2n) is 8.34. The monoisotopic (exact) mass is 406 g/mol. The minimum Gasteiger partial charge on any atom is -0.376 e. The number of nitrogens with one attached hydrogen (secondary N) is 1. The van der Waals surface area contributed by atoms with Gasteiger partial charge in [-0.2, -0.15) is 0 Å². The smallest absolute Gasteiger partial charge is 0.193 e. The van der Waals surface area contributed by atoms with Crippen LogP contribution < -0.4 is 5.32 Å². The second kappa shape index (κ2) is 11.0. The number of hydrogen-bond donors (Lipinski definition) is 1. The lowest BCUT2D eigenvalue weighted by Crippen LogP contribution is -2.47. The number of piperidine rings is 1. The van der Waals surface area contributed by atoms with Crippen molar-refractivity contribution in [1.82, 2.24) is 15.4 Å². The highest BCUT2D eigenvalue weighted by Gasteiger charge is 2.24. The molecule has 29 heavy (non-hydrogen) atoms. The van der Waals surface area contributed by atoms with Crippen LogP contribution in [0.1, 0.15) is 68.9 Å². The lowest BCUT2D eigenvalue weighted by Gasteiger charge is -2.35. The maximum atomic E-state index is 6.15. The molecular weight excluding hydrogens is 368 g/mol. The first-order chi connectivity index (χ1) is 14.1. The molecule has 1 aromatic rings. The van der Waals surface area contributed by atoms with Gasteiger partial charge in [0.2, 0.25) is 0 Å². The largest absolute Gasteiger partial charge is 0.376 e. The van der Waals surface area contributed by atoms with Gasteiger partial charge < -0.3 is 24.2 Å². The SMILES string of the molecule is CCNC(=NCC(C)c1c(C)noc1C)N1CCC(OCC2CCCCO2)CC1. The Hall–Kier alpha value is -1.60. The molecule has 0 aromatic carbocycles. The van der Waals surface area contributed by atoms with Crippen LogP contribution in [0.15, 0.2) is 9.52 Å². The molecule has 2 unspecified atom stereocenters. The third-order valence-corrected chi connectivity index (χ3v) is 5.96. The summed E-state index contributed by atoms with van der Waals surface area (Å²) < 4.78 is 17.3. The number of rotatable bonds is 7. The van der Waals surface area contributed by atoms with E-state index in [1.54, 1.807) is 0 Å². The van der Waals surface area contributed by atoms with Crippen molar-refractivity contribution < 1.29 is 14.0 Å². The van der Waals surface area contributed by atoms with E-state index in [9.17, 15) is 0 Å². The number of hydrogen-bond acceptors (Lipinski definition) is 5. The van der Waals surface area contributed by atoms with Gasteiger partial charge in [-0.25, -0.2) is 0 Å². The summed E-state index contributed by atoms with van der Waals surface area (Å²) in [4.78, 5) is 7.28. The predicted molar refractivity (Wildman–Crippen MR) is 115 cm³/mol. The molecule has 1 aromatic heterocycles. The van der Waals surface area contributed by atoms with E-state index in [1.807, 2.05) is 13.8 Å². The van der Waals surface area contributed by atoms with Gasteiger partial charge in [0.15, 0.2) is 5.96 Å². The molecule has 2 aliphatic rings. The first-order valence-corrected chi connectivity index (χ1v) is 11.3. The third-order valence-electron chi connectivity index (χ3n) is 5.96. The summed E-state index contributed by atoms with van der Waals surface area (Å²) in [5.74, 6) is 2.18. The van der Waals surface area contributed by atoms with Crippen molar-refractivity contribution in [2.75, 3.05) is 39.4 Å². The fraction of sp³-hybridized carbons (Fsp3) is 0.818. The molecule has 0 saturated carbocycles. The Labute approximate surface area is 175 Å². The number of nitrogens with zero attached hydrogens (tertiary/aromatic N) is 3. The normalized spacial score (nSPS) is 22.7. The van der Waals surface area contributed by atoms with Crippen LogP contribution in [0.25, 0.3) is 0 Å². The van der Waals surface area contributed by atoms with Gasteiger partial charge in [-0.05, 0) is 52.9 Å². The van der Waals surface area contributed by atoms with E-state index in [2.05, 4.69) is 29.2 Å². The Morgan fingerprint density at radius 1 is 1.28 bits per heavy atom. The predicted octanol–water partition coefficient (Wildman–Crippen LogP) is 3.41. The van der Waals surface area contributed by atoms with Crippen LogP contribution in [-0.4, -0.2) is 67.6 Å². The van der Waals surface area contributed by atoms with Gasteiger partial charge in [-0.15, -0.1) is 0 Å². The van der Waals surface area contributed by atoms with Crippen molar-refractivity contribution in [3.05, 3.63) is 17.0 Å². The van der Waals surface area contributed by atoms with E-state index in [0.717, 1.165) is 76.1 Å². The third kappa shape index (κ3) is 6.19. The van der Waals surface area contributed by atoms with Gasteiger partial charge in [0.1, 0.15) is 5.76 Å². The molecular formula is C22H38N4O3. The van der Waals surface area contributed by atoms with Crippen LogP contribution in [0, 0.1) is 13.8 Å². The zero-order valence-corrected chi connectivity index (χ0v) is 18.6. The van der Waals surface area contributed by atoms with Crippen molar-refractivity contribution in [2.24, 2.45) is 4.99 Å². The van der Waals surface area contributed by atoms with Gasteiger partial charge in [-0.3, -0.25) is 4.99 Å². The standard InChI is InChI=1S/C22H38N4O3/c1-5-23-22(24-14-16(2)21-17(3)25-29-18(21)4)26-11-9-19(10-12-26)28-15-20-8-6-7-13-27-20/h16,19-20H,5-15H2,1-4H3,(H,23,24). The summed E-state index contributed by atoms with van der Waals surface area (Å²) >= 11 is 0. The summed E-state index contributed by atoms with van der Waals surface area (Å²) in [6, 6.07) is 0. The quantitative estimate of drug-likeness (QED) is 0.553. The van der Waals surface area contributed by atoms with Crippen molar-refractivity contribution >= 4 is 5.96 Å². The van der Waals surface area contributed by atoms with Crippen LogP contribution in [0.4, 0.5) is 0 Å². The van der Waals surface area contributed by atoms with E-state index in [1.165, 1.54) is 18.4 Å². The highest BCUT2D eigenvalue weighted by atomic mass is 16.5. The fourth-order valence-electron chi connectivity index (χ4n) is 4.35. The van der Waals surface area contributed by atoms with Crippen molar-refractivity contribution in [2.45, 2.75) is 77.9 Å². The topological polar surface area (TPSA) is 72.1 Å². The molecule has 1 N–H and O–H groups in total. The van der Waals surface area contributed by atoms with E-state index in [-0.39, 0.29) is 5.92 Å². The van der Waals surface area contributed by atoms with Gasteiger partial charge in [0.05, 0.1) is 24.5 Å². The minimum atomic E-state index is 0.284. The Balaban J connectivity index is 1.48. The number of aryl methyl sites for hydroxylation is 2. The van der Waals surface area contributed by atoms with Gasteiger partial charge >= 0.3 is 0 Å². The number of aromatic nitrogens is 1. The zero-order chi connectivity index (χ0) is 20.6. The molecule has 0 amide bonds. The first-order valence-electron chi connectivity index (χ1n) is 11.3. The Bertz CT molecular complexity index is 627. The van der Waals surface area contributed by atoms with Crippen molar-refractivity contribution in [1.29, 1.82) is 0 Å². The number of ether oxygens (including phenoxy) is 2. The van der Waals surface area contributed by atoms with Gasteiger partial charge in [0, 0.05) is 44.3 Å². The summed E-state index contributed by atoms with van der Waals surface area (Å²) in [6.45, 7) is 13.5. The maximum absolute atomic E-state index is 6.15. The molecule has 0 spiro atoms. The number of aliphatic imine (C=N–C) groups is 1. The number of likely N-dealkylation sites (tertiary alicyclic amines) is 1. The van der Waals surface area contributed by atoms with Crippen LogP contribution >= 0.6 is 0 Å². The van der Waals surface area contributed by atoms with Crippen LogP contribution in [0.5, 0.6) is 0 Å². The van der Waals surface area contributed by atoms with Crippen LogP contribution in [0.3, 0.4) is 0 Å². The number of guanidine groups is 1. The summed E-state index contributed by atoms with van der Waals surface area (Å²) in [6.07, 6.45) is 6.30. The van der Waals surface area contributed by atoms with E-state index < -0.39 is 0 Å². The molecule has 7 heteroatoms. The Morgan fingerprint density at radius 3 is 2.69 bits per heavy atom. The fourth-order valence-corrected chi connectivity index (χ4v) is 4.35. The Kier molecular flexibility index (Phi) is 8.36. The molecule has 164 valence electrons. The average Bonchev–Trinajstić information content (AvgIpc) is 3.08. The molecule has 0 bridgehead atoms. The molecule has 7 nitrogen and oxygen atoms in total. The molecule has 2 aliphatic heterocycles. The minimum absolute atomic E-state index is 0.284. The summed E-state index contributed by atoms with van der Waals surface area (Å²) in [7, 11) is 0. The van der Waals surface area contributed by atoms with Crippen molar-refractivity contribution in [3.8, 4) is 0 Å². The highest BCUT2D eigenvalue weighted by Crippen LogP contribution is 2.23. The summed E-state index contributed by atoms with van der Waals surface area (Å²) in [5, 5.41) is 7.53. The molecule has 2 saturated heterocycles. The van der Waals surface area contributed by atoms with Gasteiger partial charge in [0.25, 0.3) is 0 Å².